The van der Waals surface area contributed by atoms with Gasteiger partial charge in [-0.05, 0) is 31.7 Å². The highest BCUT2D eigenvalue weighted by atomic mass is 19.1. The molecule has 1 unspecified atom stereocenters. The number of nitrogens with zero attached hydrogens (tertiary/aromatic N) is 2. The van der Waals surface area contributed by atoms with Gasteiger partial charge in [-0.2, -0.15) is 0 Å². The van der Waals surface area contributed by atoms with E-state index in [2.05, 4.69) is 5.32 Å². The second kappa shape index (κ2) is 5.57. The van der Waals surface area contributed by atoms with E-state index in [0.717, 1.165) is 12.1 Å². The average Bonchev–Trinajstić information content (AvgIpc) is 2.86. The molecule has 0 aromatic heterocycles. The van der Waals surface area contributed by atoms with Crippen LogP contribution in [0.1, 0.15) is 16.8 Å². The molecule has 0 radical (unpaired) electrons. The molecule has 19 heavy (non-hydrogen) atoms. The molecule has 1 atom stereocenters. The number of carbonyl (C=O) groups excluding carboxylic acids is 1. The van der Waals surface area contributed by atoms with Crippen molar-refractivity contribution in [3.63, 3.8) is 0 Å². The van der Waals surface area contributed by atoms with Crippen molar-refractivity contribution in [3.05, 3.63) is 29.6 Å². The standard InChI is InChI=1S/C14H20FN3O/c1-16-10-6-7-18(9-10)14(19)12-5-4-11(17(2)3)8-13(12)15/h4-5,8,10,16H,6-7,9H2,1-3H3. The lowest BCUT2D eigenvalue weighted by molar-refractivity contribution is 0.0785. The van der Waals surface area contributed by atoms with E-state index < -0.39 is 5.82 Å². The number of likely N-dealkylation sites (N-methyl/N-ethyl adjacent to an activating group) is 1. The largest absolute Gasteiger partial charge is 0.378 e. The van der Waals surface area contributed by atoms with Gasteiger partial charge in [0.2, 0.25) is 0 Å². The zero-order valence-corrected chi connectivity index (χ0v) is 11.6. The van der Waals surface area contributed by atoms with Crippen LogP contribution in [0.25, 0.3) is 0 Å². The van der Waals surface area contributed by atoms with Crippen LogP contribution in [0, 0.1) is 5.82 Å². The molecule has 4 nitrogen and oxygen atoms in total. The van der Waals surface area contributed by atoms with Crippen LogP contribution < -0.4 is 10.2 Å². The number of hydrogen-bond acceptors (Lipinski definition) is 3. The Morgan fingerprint density at radius 3 is 2.74 bits per heavy atom. The molecular weight excluding hydrogens is 245 g/mol. The highest BCUT2D eigenvalue weighted by Gasteiger charge is 2.27. The number of amides is 1. The predicted octanol–water partition coefficient (Wildman–Crippen LogP) is 1.33. The molecule has 1 aliphatic heterocycles. The van der Waals surface area contributed by atoms with Gasteiger partial charge in [-0.15, -0.1) is 0 Å². The minimum atomic E-state index is -0.455. The van der Waals surface area contributed by atoms with Crippen LogP contribution in [-0.4, -0.2) is 51.1 Å². The van der Waals surface area contributed by atoms with Crippen LogP contribution in [0.15, 0.2) is 18.2 Å². The van der Waals surface area contributed by atoms with Crippen LogP contribution in [0.2, 0.25) is 0 Å². The summed E-state index contributed by atoms with van der Waals surface area (Å²) in [5.74, 6) is -0.676. The molecule has 104 valence electrons. The van der Waals surface area contributed by atoms with Gasteiger partial charge in [0.05, 0.1) is 5.56 Å². The van der Waals surface area contributed by atoms with Gasteiger partial charge in [0.1, 0.15) is 5.82 Å². The van der Waals surface area contributed by atoms with Crippen molar-refractivity contribution in [1.82, 2.24) is 10.2 Å². The van der Waals surface area contributed by atoms with Crippen LogP contribution >= 0.6 is 0 Å². The number of likely N-dealkylation sites (tertiary alicyclic amines) is 1. The lowest BCUT2D eigenvalue weighted by Crippen LogP contribution is -2.33. The first-order valence-corrected chi connectivity index (χ1v) is 6.46. The molecule has 5 heteroatoms. The molecule has 1 aromatic carbocycles. The molecule has 1 aliphatic rings. The van der Waals surface area contributed by atoms with Crippen molar-refractivity contribution in [2.75, 3.05) is 39.1 Å². The van der Waals surface area contributed by atoms with E-state index in [4.69, 9.17) is 0 Å². The zero-order valence-electron chi connectivity index (χ0n) is 11.6. The lowest BCUT2D eigenvalue weighted by atomic mass is 10.1. The highest BCUT2D eigenvalue weighted by molar-refractivity contribution is 5.95. The molecule has 0 spiro atoms. The molecule has 0 saturated carbocycles. The second-order valence-electron chi connectivity index (χ2n) is 5.08. The molecule has 1 amide bonds. The molecule has 1 N–H and O–H groups in total. The van der Waals surface area contributed by atoms with E-state index in [9.17, 15) is 9.18 Å². The van der Waals surface area contributed by atoms with Crippen LogP contribution in [0.3, 0.4) is 0 Å². The Labute approximate surface area is 113 Å². The molecule has 1 aromatic rings. The summed E-state index contributed by atoms with van der Waals surface area (Å²) in [4.78, 5) is 15.8. The molecule has 0 bridgehead atoms. The number of hydrogen-bond donors (Lipinski definition) is 1. The number of benzene rings is 1. The summed E-state index contributed by atoms with van der Waals surface area (Å²) in [5.41, 5.74) is 0.908. The molecule has 2 rings (SSSR count). The Morgan fingerprint density at radius 1 is 1.47 bits per heavy atom. The topological polar surface area (TPSA) is 35.6 Å². The third-order valence-corrected chi connectivity index (χ3v) is 3.58. The molecule has 0 aliphatic carbocycles. The predicted molar refractivity (Wildman–Crippen MR) is 74.1 cm³/mol. The SMILES string of the molecule is CNC1CCN(C(=O)c2ccc(N(C)C)cc2F)C1. The van der Waals surface area contributed by atoms with Crippen LogP contribution in [-0.2, 0) is 0 Å². The van der Waals surface area contributed by atoms with Gasteiger partial charge in [0, 0.05) is 38.9 Å². The molecule has 1 heterocycles. The van der Waals surface area contributed by atoms with Crippen molar-refractivity contribution >= 4 is 11.6 Å². The van der Waals surface area contributed by atoms with Gasteiger partial charge in [0.25, 0.3) is 5.91 Å². The first-order valence-electron chi connectivity index (χ1n) is 6.46. The third kappa shape index (κ3) is 2.87. The quantitative estimate of drug-likeness (QED) is 0.895. The van der Waals surface area contributed by atoms with Gasteiger partial charge in [-0.25, -0.2) is 4.39 Å². The summed E-state index contributed by atoms with van der Waals surface area (Å²) in [6, 6.07) is 5.05. The maximum Gasteiger partial charge on any atom is 0.256 e. The van der Waals surface area contributed by atoms with Crippen LogP contribution in [0.4, 0.5) is 10.1 Å². The summed E-state index contributed by atoms with van der Waals surface area (Å²) in [6.45, 7) is 1.32. The average molecular weight is 265 g/mol. The summed E-state index contributed by atoms with van der Waals surface area (Å²) < 4.78 is 14.0. The Bertz CT molecular complexity index is 476. The third-order valence-electron chi connectivity index (χ3n) is 3.58. The first kappa shape index (κ1) is 13.8. The second-order valence-corrected chi connectivity index (χ2v) is 5.08. The summed E-state index contributed by atoms with van der Waals surface area (Å²) in [6.07, 6.45) is 0.916. The number of anilines is 1. The van der Waals surface area contributed by atoms with Gasteiger partial charge in [0.15, 0.2) is 0 Å². The van der Waals surface area contributed by atoms with Gasteiger partial charge < -0.3 is 15.1 Å². The maximum absolute atomic E-state index is 14.0. The first-order chi connectivity index (χ1) is 9.02. The maximum atomic E-state index is 14.0. The van der Waals surface area contributed by atoms with Gasteiger partial charge in [-0.3, -0.25) is 4.79 Å². The van der Waals surface area contributed by atoms with Crippen LogP contribution in [0.5, 0.6) is 0 Å². The molecular formula is C14H20FN3O. The number of nitrogens with one attached hydrogen (secondary N) is 1. The van der Waals surface area contributed by atoms with Crippen molar-refractivity contribution < 1.29 is 9.18 Å². The number of rotatable bonds is 3. The van der Waals surface area contributed by atoms with Gasteiger partial charge in [-0.1, -0.05) is 0 Å². The van der Waals surface area contributed by atoms with Gasteiger partial charge >= 0.3 is 0 Å². The normalized spacial score (nSPS) is 18.7. The fourth-order valence-electron chi connectivity index (χ4n) is 2.31. The monoisotopic (exact) mass is 265 g/mol. The number of halogens is 1. The number of carbonyl (C=O) groups is 1. The Morgan fingerprint density at radius 2 is 2.21 bits per heavy atom. The van der Waals surface area contributed by atoms with Crippen molar-refractivity contribution in [2.45, 2.75) is 12.5 Å². The Kier molecular flexibility index (Phi) is 4.04. The molecule has 1 fully saturated rings. The molecule has 1 saturated heterocycles. The summed E-state index contributed by atoms with van der Waals surface area (Å²) in [7, 11) is 5.56. The van der Waals surface area contributed by atoms with E-state index in [1.54, 1.807) is 17.0 Å². The fourth-order valence-corrected chi connectivity index (χ4v) is 2.31. The van der Waals surface area contributed by atoms with Crippen molar-refractivity contribution in [1.29, 1.82) is 0 Å². The summed E-state index contributed by atoms with van der Waals surface area (Å²) in [5, 5.41) is 3.14. The zero-order chi connectivity index (χ0) is 14.0. The Hall–Kier alpha value is -1.62. The van der Waals surface area contributed by atoms with Crippen molar-refractivity contribution in [2.24, 2.45) is 0 Å². The van der Waals surface area contributed by atoms with Crippen molar-refractivity contribution in [3.8, 4) is 0 Å². The summed E-state index contributed by atoms with van der Waals surface area (Å²) >= 11 is 0. The Balaban J connectivity index is 2.16. The van der Waals surface area contributed by atoms with E-state index in [-0.39, 0.29) is 11.5 Å². The minimum absolute atomic E-state index is 0.155. The highest BCUT2D eigenvalue weighted by Crippen LogP contribution is 2.20. The van der Waals surface area contributed by atoms with E-state index in [1.165, 1.54) is 6.07 Å². The fraction of sp³-hybridized carbons (Fsp3) is 0.500. The van der Waals surface area contributed by atoms with E-state index in [0.29, 0.717) is 19.1 Å². The lowest BCUT2D eigenvalue weighted by Gasteiger charge is -2.18. The van der Waals surface area contributed by atoms with E-state index >= 15 is 0 Å². The smallest absolute Gasteiger partial charge is 0.256 e. The van der Waals surface area contributed by atoms with E-state index in [1.807, 2.05) is 26.0 Å². The minimum Gasteiger partial charge on any atom is -0.378 e.